The van der Waals surface area contributed by atoms with Gasteiger partial charge in [-0.25, -0.2) is 0 Å². The molecule has 0 radical (unpaired) electrons. The Bertz CT molecular complexity index is 721. The predicted molar refractivity (Wildman–Crippen MR) is 95.4 cm³/mol. The molecule has 1 aliphatic carbocycles. The average Bonchev–Trinajstić information content (AvgIpc) is 3.02. The fourth-order valence-corrected chi connectivity index (χ4v) is 3.95. The third kappa shape index (κ3) is 2.95. The Labute approximate surface area is 143 Å². The van der Waals surface area contributed by atoms with Crippen LogP contribution >= 0.6 is 0 Å². The van der Waals surface area contributed by atoms with E-state index in [1.807, 2.05) is 0 Å². The highest BCUT2D eigenvalue weighted by atomic mass is 16.4. The normalized spacial score (nSPS) is 23.5. The number of hydrogen-bond donors (Lipinski definition) is 1. The second-order valence-electron chi connectivity index (χ2n) is 6.67. The van der Waals surface area contributed by atoms with E-state index < -0.39 is 0 Å². The average molecular weight is 321 g/mol. The topological polar surface area (TPSA) is 39.1 Å². The predicted octanol–water partition coefficient (Wildman–Crippen LogP) is 2.93. The van der Waals surface area contributed by atoms with E-state index in [2.05, 4.69) is 69.6 Å². The summed E-state index contributed by atoms with van der Waals surface area (Å²) < 4.78 is 0. The van der Waals surface area contributed by atoms with Gasteiger partial charge in [0.05, 0.1) is 11.8 Å². The maximum absolute atomic E-state index is 9.44. The minimum atomic E-state index is 0.144. The van der Waals surface area contributed by atoms with Crippen molar-refractivity contribution < 1.29 is 5.21 Å². The summed E-state index contributed by atoms with van der Waals surface area (Å²) >= 11 is 0. The van der Waals surface area contributed by atoms with Crippen LogP contribution in [0.4, 0.5) is 0 Å². The van der Waals surface area contributed by atoms with Gasteiger partial charge in [-0.15, -0.1) is 0 Å². The lowest BCUT2D eigenvalue weighted by molar-refractivity contribution is 0.112. The van der Waals surface area contributed by atoms with E-state index in [1.54, 1.807) is 0 Å². The molecule has 1 atom stereocenters. The SMILES string of the molecule is ON=C1Cc2ccccc2C1N1CCN(Cc2ccccc2)CC1. The van der Waals surface area contributed by atoms with Gasteiger partial charge in [0.1, 0.15) is 0 Å². The van der Waals surface area contributed by atoms with Crippen LogP contribution in [0.15, 0.2) is 59.8 Å². The molecule has 0 spiro atoms. The first-order valence-electron chi connectivity index (χ1n) is 8.64. The second kappa shape index (κ2) is 6.75. The summed E-state index contributed by atoms with van der Waals surface area (Å²) in [6, 6.07) is 19.3. The molecule has 1 N–H and O–H groups in total. The van der Waals surface area contributed by atoms with Gasteiger partial charge in [0.15, 0.2) is 0 Å². The summed E-state index contributed by atoms with van der Waals surface area (Å²) in [7, 11) is 0. The van der Waals surface area contributed by atoms with Crippen LogP contribution in [0.2, 0.25) is 0 Å². The summed E-state index contributed by atoms with van der Waals surface area (Å²) in [6.07, 6.45) is 0.765. The van der Waals surface area contributed by atoms with Crippen LogP contribution in [0, 0.1) is 0 Å². The lowest BCUT2D eigenvalue weighted by Gasteiger charge is -2.38. The molecule has 4 heteroatoms. The molecule has 1 saturated heterocycles. The number of piperazine rings is 1. The van der Waals surface area contributed by atoms with Gasteiger partial charge in [-0.05, 0) is 16.7 Å². The van der Waals surface area contributed by atoms with Crippen LogP contribution in [0.3, 0.4) is 0 Å². The van der Waals surface area contributed by atoms with Gasteiger partial charge in [-0.3, -0.25) is 9.80 Å². The molecule has 0 saturated carbocycles. The van der Waals surface area contributed by atoms with Gasteiger partial charge in [0, 0.05) is 39.1 Å². The van der Waals surface area contributed by atoms with Crippen molar-refractivity contribution in [1.82, 2.24) is 9.80 Å². The van der Waals surface area contributed by atoms with E-state index in [9.17, 15) is 5.21 Å². The Morgan fingerprint density at radius 2 is 1.62 bits per heavy atom. The number of fused-ring (bicyclic) bond motifs is 1. The molecular weight excluding hydrogens is 298 g/mol. The monoisotopic (exact) mass is 321 g/mol. The first-order chi connectivity index (χ1) is 11.8. The Kier molecular flexibility index (Phi) is 4.32. The van der Waals surface area contributed by atoms with Crippen molar-refractivity contribution in [2.24, 2.45) is 5.16 Å². The highest BCUT2D eigenvalue weighted by Gasteiger charge is 2.35. The van der Waals surface area contributed by atoms with Crippen molar-refractivity contribution in [1.29, 1.82) is 0 Å². The van der Waals surface area contributed by atoms with Crippen molar-refractivity contribution >= 4 is 5.71 Å². The molecule has 2 aromatic rings. The molecule has 4 nitrogen and oxygen atoms in total. The summed E-state index contributed by atoms with van der Waals surface area (Å²) in [5.74, 6) is 0. The van der Waals surface area contributed by atoms with E-state index >= 15 is 0 Å². The Balaban J connectivity index is 1.44. The van der Waals surface area contributed by atoms with E-state index in [-0.39, 0.29) is 6.04 Å². The second-order valence-corrected chi connectivity index (χ2v) is 6.67. The minimum Gasteiger partial charge on any atom is -0.411 e. The molecule has 124 valence electrons. The van der Waals surface area contributed by atoms with Gasteiger partial charge in [0.25, 0.3) is 0 Å². The largest absolute Gasteiger partial charge is 0.411 e. The number of hydrogen-bond acceptors (Lipinski definition) is 4. The smallest absolute Gasteiger partial charge is 0.0831 e. The highest BCUT2D eigenvalue weighted by Crippen LogP contribution is 2.34. The summed E-state index contributed by atoms with van der Waals surface area (Å²) in [4.78, 5) is 4.96. The van der Waals surface area contributed by atoms with Crippen LogP contribution < -0.4 is 0 Å². The fraction of sp³-hybridized carbons (Fsp3) is 0.350. The van der Waals surface area contributed by atoms with Gasteiger partial charge in [-0.1, -0.05) is 59.8 Å². The minimum absolute atomic E-state index is 0.144. The molecule has 4 rings (SSSR count). The van der Waals surface area contributed by atoms with E-state index in [1.165, 1.54) is 16.7 Å². The molecule has 24 heavy (non-hydrogen) atoms. The van der Waals surface area contributed by atoms with Crippen molar-refractivity contribution in [3.63, 3.8) is 0 Å². The Morgan fingerprint density at radius 1 is 0.917 bits per heavy atom. The molecule has 2 aromatic carbocycles. The van der Waals surface area contributed by atoms with E-state index in [0.29, 0.717) is 0 Å². The molecule has 1 heterocycles. The number of nitrogens with zero attached hydrogens (tertiary/aromatic N) is 3. The molecule has 1 fully saturated rings. The van der Waals surface area contributed by atoms with Crippen molar-refractivity contribution in [3.05, 3.63) is 71.3 Å². The summed E-state index contributed by atoms with van der Waals surface area (Å²) in [6.45, 7) is 5.12. The molecule has 2 aliphatic rings. The zero-order valence-corrected chi connectivity index (χ0v) is 13.8. The highest BCUT2D eigenvalue weighted by molar-refractivity contribution is 5.96. The molecule has 0 bridgehead atoms. The number of benzene rings is 2. The van der Waals surface area contributed by atoms with Crippen LogP contribution in [0.5, 0.6) is 0 Å². The van der Waals surface area contributed by atoms with Gasteiger partial charge < -0.3 is 5.21 Å². The third-order valence-electron chi connectivity index (χ3n) is 5.19. The standard InChI is InChI=1S/C20H23N3O/c24-21-19-14-17-8-4-5-9-18(17)20(19)23-12-10-22(11-13-23)15-16-6-2-1-3-7-16/h1-9,20,24H,10-15H2. The van der Waals surface area contributed by atoms with Gasteiger partial charge in [-0.2, -0.15) is 0 Å². The van der Waals surface area contributed by atoms with Crippen LogP contribution in [0.1, 0.15) is 22.7 Å². The van der Waals surface area contributed by atoms with E-state index in [0.717, 1.165) is 44.9 Å². The maximum Gasteiger partial charge on any atom is 0.0831 e. The lowest BCUT2D eigenvalue weighted by atomic mass is 10.1. The van der Waals surface area contributed by atoms with Crippen molar-refractivity contribution in [3.8, 4) is 0 Å². The van der Waals surface area contributed by atoms with Crippen molar-refractivity contribution in [2.45, 2.75) is 19.0 Å². The quantitative estimate of drug-likeness (QED) is 0.698. The van der Waals surface area contributed by atoms with Gasteiger partial charge >= 0.3 is 0 Å². The first-order valence-corrected chi connectivity index (χ1v) is 8.64. The fourth-order valence-electron chi connectivity index (χ4n) is 3.95. The molecular formula is C20H23N3O. The Hall–Kier alpha value is -2.17. The third-order valence-corrected chi connectivity index (χ3v) is 5.19. The lowest BCUT2D eigenvalue weighted by Crippen LogP contribution is -2.48. The zero-order valence-electron chi connectivity index (χ0n) is 13.8. The van der Waals surface area contributed by atoms with Crippen LogP contribution in [-0.2, 0) is 13.0 Å². The zero-order chi connectivity index (χ0) is 16.4. The summed E-state index contributed by atoms with van der Waals surface area (Å²) in [5.41, 5.74) is 4.85. The molecule has 1 unspecified atom stereocenters. The van der Waals surface area contributed by atoms with Crippen LogP contribution in [0.25, 0.3) is 0 Å². The van der Waals surface area contributed by atoms with Gasteiger partial charge in [0.2, 0.25) is 0 Å². The number of oxime groups is 1. The maximum atomic E-state index is 9.44. The van der Waals surface area contributed by atoms with E-state index in [4.69, 9.17) is 0 Å². The molecule has 1 aliphatic heterocycles. The molecule has 0 aromatic heterocycles. The first kappa shape index (κ1) is 15.4. The summed E-state index contributed by atoms with van der Waals surface area (Å²) in [5, 5.41) is 13.0. The molecule has 0 amide bonds. The van der Waals surface area contributed by atoms with Crippen molar-refractivity contribution in [2.75, 3.05) is 26.2 Å². The Morgan fingerprint density at radius 3 is 2.38 bits per heavy atom. The number of rotatable bonds is 3. The van der Waals surface area contributed by atoms with Crippen LogP contribution in [-0.4, -0.2) is 46.9 Å².